The monoisotopic (exact) mass is 387 g/mol. The van der Waals surface area contributed by atoms with Crippen LogP contribution >= 0.6 is 11.8 Å². The van der Waals surface area contributed by atoms with Crippen molar-refractivity contribution < 1.29 is 13.9 Å². The zero-order chi connectivity index (χ0) is 18.6. The van der Waals surface area contributed by atoms with Crippen LogP contribution in [0.15, 0.2) is 33.9 Å². The topological polar surface area (TPSA) is 68.5 Å². The minimum absolute atomic E-state index is 0.195. The highest BCUT2D eigenvalue weighted by Crippen LogP contribution is 2.35. The van der Waals surface area contributed by atoms with E-state index in [0.717, 1.165) is 30.7 Å². The van der Waals surface area contributed by atoms with Gasteiger partial charge in [0.15, 0.2) is 0 Å². The highest BCUT2D eigenvalue weighted by atomic mass is 32.2. The van der Waals surface area contributed by atoms with Gasteiger partial charge in [0.25, 0.3) is 5.22 Å². The number of carbonyl (C=O) groups is 1. The van der Waals surface area contributed by atoms with Gasteiger partial charge in [-0.2, -0.15) is 0 Å². The van der Waals surface area contributed by atoms with Gasteiger partial charge in [-0.3, -0.25) is 4.79 Å². The Morgan fingerprint density at radius 3 is 2.78 bits per heavy atom. The lowest BCUT2D eigenvalue weighted by Crippen LogP contribution is -2.50. The Kier molecular flexibility index (Phi) is 5.66. The molecule has 2 atom stereocenters. The second-order valence-corrected chi connectivity index (χ2v) is 8.16. The Morgan fingerprint density at radius 2 is 1.96 bits per heavy atom. The zero-order valence-electron chi connectivity index (χ0n) is 15.6. The van der Waals surface area contributed by atoms with Gasteiger partial charge in [0, 0.05) is 18.2 Å². The van der Waals surface area contributed by atoms with Crippen LogP contribution < -0.4 is 4.74 Å². The van der Waals surface area contributed by atoms with Crippen LogP contribution in [0.3, 0.4) is 0 Å². The number of hydrogen-bond donors (Lipinski definition) is 0. The summed E-state index contributed by atoms with van der Waals surface area (Å²) in [6.45, 7) is 0.890. The van der Waals surface area contributed by atoms with E-state index in [9.17, 15) is 4.79 Å². The van der Waals surface area contributed by atoms with Crippen molar-refractivity contribution in [2.24, 2.45) is 5.92 Å². The Morgan fingerprint density at radius 1 is 1.19 bits per heavy atom. The molecular formula is C20H25N3O3S. The van der Waals surface area contributed by atoms with E-state index in [1.54, 1.807) is 7.11 Å². The molecule has 2 unspecified atom stereocenters. The molecule has 2 heterocycles. The average molecular weight is 388 g/mol. The molecule has 0 spiro atoms. The van der Waals surface area contributed by atoms with E-state index in [0.29, 0.717) is 28.8 Å². The van der Waals surface area contributed by atoms with Gasteiger partial charge in [0.05, 0.1) is 12.9 Å². The quantitative estimate of drug-likeness (QED) is 0.722. The van der Waals surface area contributed by atoms with Gasteiger partial charge in [-0.15, -0.1) is 10.2 Å². The molecule has 2 aromatic rings. The first-order chi connectivity index (χ1) is 13.2. The van der Waals surface area contributed by atoms with Crippen molar-refractivity contribution in [3.05, 3.63) is 24.3 Å². The molecule has 4 rings (SSSR count). The summed E-state index contributed by atoms with van der Waals surface area (Å²) < 4.78 is 10.9. The van der Waals surface area contributed by atoms with Crippen molar-refractivity contribution in [1.82, 2.24) is 15.1 Å². The Bertz CT molecular complexity index is 775. The molecule has 1 saturated heterocycles. The van der Waals surface area contributed by atoms with Gasteiger partial charge in [-0.05, 0) is 55.9 Å². The van der Waals surface area contributed by atoms with Crippen molar-refractivity contribution in [2.75, 3.05) is 19.4 Å². The van der Waals surface area contributed by atoms with E-state index in [-0.39, 0.29) is 5.91 Å². The fourth-order valence-corrected chi connectivity index (χ4v) is 4.91. The second-order valence-electron chi connectivity index (χ2n) is 7.23. The zero-order valence-corrected chi connectivity index (χ0v) is 16.4. The van der Waals surface area contributed by atoms with E-state index in [2.05, 4.69) is 15.1 Å². The van der Waals surface area contributed by atoms with Crippen LogP contribution in [0.2, 0.25) is 0 Å². The van der Waals surface area contributed by atoms with Gasteiger partial charge in [-0.25, -0.2) is 0 Å². The number of carbonyl (C=O) groups excluding carboxylic acids is 1. The number of nitrogens with zero attached hydrogens (tertiary/aromatic N) is 3. The molecular weight excluding hydrogens is 362 g/mol. The number of aromatic nitrogens is 2. The Labute approximate surface area is 163 Å². The summed E-state index contributed by atoms with van der Waals surface area (Å²) >= 11 is 1.33. The number of fused-ring (bicyclic) bond motifs is 1. The molecule has 1 aromatic carbocycles. The number of methoxy groups -OCH3 is 1. The second kappa shape index (κ2) is 8.33. The van der Waals surface area contributed by atoms with Gasteiger partial charge in [0.1, 0.15) is 5.75 Å². The maximum atomic E-state index is 12.8. The minimum atomic E-state index is 0.195. The van der Waals surface area contributed by atoms with E-state index in [4.69, 9.17) is 9.15 Å². The highest BCUT2D eigenvalue weighted by molar-refractivity contribution is 7.99. The van der Waals surface area contributed by atoms with Crippen molar-refractivity contribution in [3.63, 3.8) is 0 Å². The molecule has 144 valence electrons. The number of benzene rings is 1. The summed E-state index contributed by atoms with van der Waals surface area (Å²) in [5, 5.41) is 8.61. The number of ether oxygens (including phenoxy) is 1. The summed E-state index contributed by atoms with van der Waals surface area (Å²) in [5.74, 6) is 2.49. The van der Waals surface area contributed by atoms with E-state index in [1.165, 1.54) is 37.4 Å². The summed E-state index contributed by atoms with van der Waals surface area (Å²) in [4.78, 5) is 14.9. The summed E-state index contributed by atoms with van der Waals surface area (Å²) in [7, 11) is 1.63. The normalized spacial score (nSPS) is 22.3. The summed E-state index contributed by atoms with van der Waals surface area (Å²) in [6, 6.07) is 7.91. The van der Waals surface area contributed by atoms with Gasteiger partial charge >= 0.3 is 0 Å². The van der Waals surface area contributed by atoms with Crippen LogP contribution in [-0.2, 0) is 4.79 Å². The maximum Gasteiger partial charge on any atom is 0.277 e. The third-order valence-corrected chi connectivity index (χ3v) is 6.43. The molecule has 2 fully saturated rings. The molecule has 7 heteroatoms. The Balaban J connectivity index is 1.35. The molecule has 0 bridgehead atoms. The predicted molar refractivity (Wildman–Crippen MR) is 104 cm³/mol. The first-order valence-corrected chi connectivity index (χ1v) is 10.6. The first-order valence-electron chi connectivity index (χ1n) is 9.65. The number of hydrogen-bond acceptors (Lipinski definition) is 6. The average Bonchev–Trinajstić information content (AvgIpc) is 3.20. The third-order valence-electron chi connectivity index (χ3n) is 5.63. The van der Waals surface area contributed by atoms with Gasteiger partial charge in [0.2, 0.25) is 11.8 Å². The summed E-state index contributed by atoms with van der Waals surface area (Å²) in [6.07, 6.45) is 7.39. The van der Waals surface area contributed by atoms with Crippen LogP contribution in [0.1, 0.15) is 38.5 Å². The molecule has 0 radical (unpaired) electrons. The predicted octanol–water partition coefficient (Wildman–Crippen LogP) is 4.02. The fraction of sp³-hybridized carbons (Fsp3) is 0.550. The number of rotatable bonds is 5. The number of amides is 1. The van der Waals surface area contributed by atoms with Crippen molar-refractivity contribution in [1.29, 1.82) is 0 Å². The third kappa shape index (κ3) is 4.13. The molecule has 1 aromatic heterocycles. The van der Waals surface area contributed by atoms with Crippen LogP contribution in [0.5, 0.6) is 5.75 Å². The molecule has 6 nitrogen and oxygen atoms in total. The molecule has 0 N–H and O–H groups in total. The van der Waals surface area contributed by atoms with Crippen molar-refractivity contribution >= 4 is 17.7 Å². The van der Waals surface area contributed by atoms with E-state index in [1.807, 2.05) is 24.3 Å². The fourth-order valence-electron chi connectivity index (χ4n) is 4.26. The standard InChI is InChI=1S/C20H25N3O3S/c1-25-16-10-8-15(9-11-16)19-21-22-20(26-19)27-13-18(24)23-12-4-6-14-5-2-3-7-17(14)23/h8-11,14,17H,2-7,12-13H2,1H3. The van der Waals surface area contributed by atoms with Crippen LogP contribution in [0.25, 0.3) is 11.5 Å². The molecule has 1 aliphatic heterocycles. The van der Waals surface area contributed by atoms with Gasteiger partial charge in [-0.1, -0.05) is 24.6 Å². The lowest BCUT2D eigenvalue weighted by Gasteiger charge is -2.44. The molecule has 1 aliphatic carbocycles. The van der Waals surface area contributed by atoms with E-state index < -0.39 is 0 Å². The van der Waals surface area contributed by atoms with Crippen LogP contribution in [0.4, 0.5) is 0 Å². The number of likely N-dealkylation sites (tertiary alicyclic amines) is 1. The molecule has 27 heavy (non-hydrogen) atoms. The van der Waals surface area contributed by atoms with Gasteiger partial charge < -0.3 is 14.1 Å². The lowest BCUT2D eigenvalue weighted by atomic mass is 9.78. The Hall–Kier alpha value is -2.02. The first kappa shape index (κ1) is 18.3. The maximum absolute atomic E-state index is 12.8. The molecule has 2 aliphatic rings. The largest absolute Gasteiger partial charge is 0.497 e. The number of piperidine rings is 1. The van der Waals surface area contributed by atoms with E-state index >= 15 is 0 Å². The van der Waals surface area contributed by atoms with Crippen molar-refractivity contribution in [2.45, 2.75) is 49.8 Å². The highest BCUT2D eigenvalue weighted by Gasteiger charge is 2.35. The smallest absolute Gasteiger partial charge is 0.277 e. The summed E-state index contributed by atoms with van der Waals surface area (Å²) in [5.41, 5.74) is 0.836. The van der Waals surface area contributed by atoms with Crippen LogP contribution in [0, 0.1) is 5.92 Å². The minimum Gasteiger partial charge on any atom is -0.497 e. The number of thioether (sulfide) groups is 1. The SMILES string of the molecule is COc1ccc(-c2nnc(SCC(=O)N3CCCC4CCCCC43)o2)cc1. The van der Waals surface area contributed by atoms with Crippen molar-refractivity contribution in [3.8, 4) is 17.2 Å². The van der Waals surface area contributed by atoms with Crippen LogP contribution in [-0.4, -0.2) is 46.5 Å². The lowest BCUT2D eigenvalue weighted by molar-refractivity contribution is -0.134. The molecule has 1 amide bonds. The molecule has 1 saturated carbocycles.